The minimum atomic E-state index is 0.163. The van der Waals surface area contributed by atoms with Gasteiger partial charge in [-0.05, 0) is 83.1 Å². The van der Waals surface area contributed by atoms with Crippen LogP contribution >= 0.6 is 0 Å². The van der Waals surface area contributed by atoms with Gasteiger partial charge in [0.15, 0.2) is 5.75 Å². The van der Waals surface area contributed by atoms with Crippen LogP contribution in [0.2, 0.25) is 0 Å². The SMILES string of the molecule is C1=CCC(N2C3=C(CCC=C3)Oc3cc4c(cc32)B2c3c(cccc3-4)C3=CCCc4c3n2c2ccccc42)C=C1. The normalized spacial score (nSPS) is 20.6. The number of rotatable bonds is 1. The molecule has 0 saturated carbocycles. The highest BCUT2D eigenvalue weighted by molar-refractivity contribution is 6.90. The molecule has 1 aromatic heterocycles. The lowest BCUT2D eigenvalue weighted by Gasteiger charge is -2.40. The van der Waals surface area contributed by atoms with Crippen molar-refractivity contribution < 1.29 is 4.74 Å². The summed E-state index contributed by atoms with van der Waals surface area (Å²) in [5.74, 6) is 2.09. The fraction of sp³-hybridized carbons (Fsp3) is 0.167. The van der Waals surface area contributed by atoms with Crippen LogP contribution in [0.25, 0.3) is 27.6 Å². The molecule has 1 unspecified atom stereocenters. The van der Waals surface area contributed by atoms with Gasteiger partial charge in [-0.3, -0.25) is 0 Å². The van der Waals surface area contributed by atoms with Gasteiger partial charge in [0.05, 0.1) is 17.4 Å². The van der Waals surface area contributed by atoms with Crippen LogP contribution in [0.4, 0.5) is 5.69 Å². The second-order valence-corrected chi connectivity index (χ2v) is 11.8. The molecule has 4 heteroatoms. The Balaban J connectivity index is 1.27. The Labute approximate surface area is 234 Å². The molecule has 40 heavy (non-hydrogen) atoms. The Hall–Kier alpha value is -4.44. The first-order valence-electron chi connectivity index (χ1n) is 14.7. The molecular weight excluding hydrogens is 487 g/mol. The summed E-state index contributed by atoms with van der Waals surface area (Å²) in [6.45, 7) is 0.163. The summed E-state index contributed by atoms with van der Waals surface area (Å²) in [4.78, 5) is 2.55. The number of allylic oxidation sites excluding steroid dienone is 6. The second kappa shape index (κ2) is 7.60. The quantitative estimate of drug-likeness (QED) is 0.230. The van der Waals surface area contributed by atoms with E-state index in [4.69, 9.17) is 4.74 Å². The number of benzene rings is 3. The average Bonchev–Trinajstić information content (AvgIpc) is 3.51. The molecular formula is C36H27BN2O. The van der Waals surface area contributed by atoms with Crippen molar-refractivity contribution in [2.75, 3.05) is 4.90 Å². The van der Waals surface area contributed by atoms with E-state index in [1.807, 2.05) is 0 Å². The maximum absolute atomic E-state index is 6.73. The predicted octanol–water partition coefficient (Wildman–Crippen LogP) is 6.61. The average molecular weight is 514 g/mol. The number of hydrogen-bond acceptors (Lipinski definition) is 2. The molecule has 3 aromatic carbocycles. The van der Waals surface area contributed by atoms with Gasteiger partial charge < -0.3 is 14.1 Å². The molecule has 4 heterocycles. The minimum absolute atomic E-state index is 0.163. The van der Waals surface area contributed by atoms with E-state index in [0.29, 0.717) is 0 Å². The van der Waals surface area contributed by atoms with E-state index in [1.165, 1.54) is 66.7 Å². The smallest absolute Gasteiger partial charge is 0.330 e. The van der Waals surface area contributed by atoms with Crippen LogP contribution in [0.15, 0.2) is 109 Å². The molecule has 3 aliphatic heterocycles. The standard InChI is InChI=1S/C36H27BN2O/c1-2-10-22(11-3-1)38-31-18-6-7-19-33(31)40-34-20-28-25-14-8-13-24-27-16-9-15-26-23-12-4-5-17-30(23)39(36(26)27)37(35(24)25)29(28)21-32(34)38/h1-6,8,10,12-14,16-18,20-22H,7,9,11,15,19H2. The van der Waals surface area contributed by atoms with Gasteiger partial charge in [-0.2, -0.15) is 0 Å². The molecule has 6 aliphatic rings. The monoisotopic (exact) mass is 514 g/mol. The molecule has 0 bridgehead atoms. The number of nitrogens with zero attached hydrogens (tertiary/aromatic N) is 2. The molecule has 10 rings (SSSR count). The zero-order chi connectivity index (χ0) is 25.9. The van der Waals surface area contributed by atoms with Crippen molar-refractivity contribution in [3.05, 3.63) is 125 Å². The highest BCUT2D eigenvalue weighted by Gasteiger charge is 2.45. The summed E-state index contributed by atoms with van der Waals surface area (Å²) in [6, 6.07) is 21.1. The number of aryl methyl sites for hydroxylation is 1. The summed E-state index contributed by atoms with van der Waals surface area (Å²) in [7, 11) is 0. The molecule has 0 saturated heterocycles. The number of ether oxygens (including phenoxy) is 1. The van der Waals surface area contributed by atoms with E-state index in [2.05, 4.69) is 107 Å². The molecule has 4 aromatic rings. The molecule has 190 valence electrons. The molecule has 3 nitrogen and oxygen atoms in total. The number of aromatic nitrogens is 1. The Morgan fingerprint density at radius 1 is 0.875 bits per heavy atom. The lowest BCUT2D eigenvalue weighted by molar-refractivity contribution is 0.382. The molecule has 0 fully saturated rings. The van der Waals surface area contributed by atoms with Gasteiger partial charge in [0.25, 0.3) is 0 Å². The van der Waals surface area contributed by atoms with Gasteiger partial charge in [-0.25, -0.2) is 0 Å². The van der Waals surface area contributed by atoms with Crippen molar-refractivity contribution in [1.29, 1.82) is 0 Å². The fourth-order valence-electron chi connectivity index (χ4n) is 8.24. The summed E-state index contributed by atoms with van der Waals surface area (Å²) in [5.41, 5.74) is 15.1. The molecule has 0 spiro atoms. The molecule has 0 amide bonds. The third-order valence-electron chi connectivity index (χ3n) is 9.80. The van der Waals surface area contributed by atoms with E-state index >= 15 is 0 Å². The van der Waals surface area contributed by atoms with Crippen LogP contribution in [-0.4, -0.2) is 17.4 Å². The van der Waals surface area contributed by atoms with Gasteiger partial charge in [0.1, 0.15) is 5.76 Å². The Kier molecular flexibility index (Phi) is 4.07. The predicted molar refractivity (Wildman–Crippen MR) is 165 cm³/mol. The summed E-state index contributed by atoms with van der Waals surface area (Å²) < 4.78 is 9.40. The fourth-order valence-corrected chi connectivity index (χ4v) is 8.24. The van der Waals surface area contributed by atoms with Crippen LogP contribution in [0, 0.1) is 0 Å². The highest BCUT2D eigenvalue weighted by Crippen LogP contribution is 2.48. The van der Waals surface area contributed by atoms with Crippen LogP contribution < -0.4 is 20.6 Å². The first-order chi connectivity index (χ1) is 19.9. The van der Waals surface area contributed by atoms with Crippen LogP contribution in [0.3, 0.4) is 0 Å². The van der Waals surface area contributed by atoms with Crippen molar-refractivity contribution >= 4 is 39.9 Å². The van der Waals surface area contributed by atoms with Gasteiger partial charge in [0, 0.05) is 28.6 Å². The molecule has 0 N–H and O–H groups in total. The van der Waals surface area contributed by atoms with Crippen molar-refractivity contribution in [3.63, 3.8) is 0 Å². The van der Waals surface area contributed by atoms with Crippen molar-refractivity contribution in [1.82, 2.24) is 4.48 Å². The zero-order valence-corrected chi connectivity index (χ0v) is 22.2. The lowest BCUT2D eigenvalue weighted by Crippen LogP contribution is -2.50. The maximum Gasteiger partial charge on any atom is 0.330 e. The van der Waals surface area contributed by atoms with Gasteiger partial charge >= 0.3 is 6.85 Å². The summed E-state index contributed by atoms with van der Waals surface area (Å²) in [6.07, 6.45) is 21.2. The topological polar surface area (TPSA) is 17.4 Å². The molecule has 3 aliphatic carbocycles. The maximum atomic E-state index is 6.73. The molecule has 1 atom stereocenters. The number of fused-ring (bicyclic) bond motifs is 9. The minimum Gasteiger partial charge on any atom is -0.457 e. The number of hydrogen-bond donors (Lipinski definition) is 0. The van der Waals surface area contributed by atoms with Crippen molar-refractivity contribution in [2.24, 2.45) is 0 Å². The third kappa shape index (κ3) is 2.58. The van der Waals surface area contributed by atoms with E-state index < -0.39 is 0 Å². The summed E-state index contributed by atoms with van der Waals surface area (Å²) in [5, 5.41) is 1.41. The van der Waals surface area contributed by atoms with E-state index in [1.54, 1.807) is 0 Å². The Morgan fingerprint density at radius 2 is 1.82 bits per heavy atom. The second-order valence-electron chi connectivity index (χ2n) is 11.8. The van der Waals surface area contributed by atoms with Gasteiger partial charge in [0.2, 0.25) is 0 Å². The van der Waals surface area contributed by atoms with E-state index in [0.717, 1.165) is 43.6 Å². The Bertz CT molecular complexity index is 1980. The zero-order valence-electron chi connectivity index (χ0n) is 22.2. The van der Waals surface area contributed by atoms with E-state index in [-0.39, 0.29) is 12.9 Å². The first-order valence-corrected chi connectivity index (χ1v) is 14.7. The van der Waals surface area contributed by atoms with Crippen molar-refractivity contribution in [2.45, 2.75) is 38.1 Å². The first kappa shape index (κ1) is 21.4. The largest absolute Gasteiger partial charge is 0.457 e. The van der Waals surface area contributed by atoms with E-state index in [9.17, 15) is 0 Å². The molecule has 0 radical (unpaired) electrons. The van der Waals surface area contributed by atoms with Crippen molar-refractivity contribution in [3.8, 4) is 16.9 Å². The lowest BCUT2D eigenvalue weighted by atomic mass is 9.49. The Morgan fingerprint density at radius 3 is 2.77 bits per heavy atom. The third-order valence-corrected chi connectivity index (χ3v) is 9.80. The van der Waals surface area contributed by atoms with Crippen LogP contribution in [0.1, 0.15) is 42.5 Å². The summed E-state index contributed by atoms with van der Waals surface area (Å²) >= 11 is 0. The number of para-hydroxylation sites is 1. The van der Waals surface area contributed by atoms with Crippen LogP contribution in [0.5, 0.6) is 5.75 Å². The van der Waals surface area contributed by atoms with Gasteiger partial charge in [-0.15, -0.1) is 0 Å². The van der Waals surface area contributed by atoms with Crippen LogP contribution in [-0.2, 0) is 6.42 Å². The van der Waals surface area contributed by atoms with Gasteiger partial charge in [-0.1, -0.05) is 72.9 Å². The highest BCUT2D eigenvalue weighted by atomic mass is 16.5. The number of anilines is 1.